The van der Waals surface area contributed by atoms with Crippen molar-refractivity contribution in [1.82, 2.24) is 15.0 Å². The summed E-state index contributed by atoms with van der Waals surface area (Å²) in [5, 5.41) is 17.4. The van der Waals surface area contributed by atoms with Gasteiger partial charge in [0.2, 0.25) is 0 Å². The summed E-state index contributed by atoms with van der Waals surface area (Å²) in [6.07, 6.45) is 3.84. The molecule has 0 aliphatic heterocycles. The third-order valence-corrected chi connectivity index (χ3v) is 3.57. The maximum Gasteiger partial charge on any atom is 0.190 e. The Kier molecular flexibility index (Phi) is 4.03. The lowest BCUT2D eigenvalue weighted by Gasteiger charge is -2.04. The Morgan fingerprint density at radius 1 is 1.00 bits per heavy atom. The standard InChI is InChI=1S/C19H16N4/c1-14-6-8-16(9-7-14)10-11-19-18(13-20)21-22-23(19)17-5-3-4-15(2)12-17/h3-12H,1-2H3/b11-10+. The van der Waals surface area contributed by atoms with E-state index in [-0.39, 0.29) is 0 Å². The first-order valence-corrected chi connectivity index (χ1v) is 7.35. The van der Waals surface area contributed by atoms with Crippen LogP contribution in [0.3, 0.4) is 0 Å². The highest BCUT2D eigenvalue weighted by Crippen LogP contribution is 2.17. The number of benzene rings is 2. The molecule has 0 fully saturated rings. The normalized spacial score (nSPS) is 10.8. The number of hydrogen-bond acceptors (Lipinski definition) is 3. The summed E-state index contributed by atoms with van der Waals surface area (Å²) in [6.45, 7) is 4.07. The van der Waals surface area contributed by atoms with Crippen molar-refractivity contribution in [3.63, 3.8) is 0 Å². The van der Waals surface area contributed by atoms with Gasteiger partial charge >= 0.3 is 0 Å². The molecule has 3 rings (SSSR count). The summed E-state index contributed by atoms with van der Waals surface area (Å²) < 4.78 is 1.69. The quantitative estimate of drug-likeness (QED) is 0.736. The highest BCUT2D eigenvalue weighted by atomic mass is 15.4. The lowest BCUT2D eigenvalue weighted by molar-refractivity contribution is 0.797. The van der Waals surface area contributed by atoms with E-state index in [2.05, 4.69) is 35.4 Å². The summed E-state index contributed by atoms with van der Waals surface area (Å²) in [5.74, 6) is 0. The lowest BCUT2D eigenvalue weighted by atomic mass is 10.1. The van der Waals surface area contributed by atoms with Crippen LogP contribution in [0.4, 0.5) is 0 Å². The monoisotopic (exact) mass is 300 g/mol. The van der Waals surface area contributed by atoms with Gasteiger partial charge in [-0.15, -0.1) is 5.10 Å². The fourth-order valence-corrected chi connectivity index (χ4v) is 2.32. The van der Waals surface area contributed by atoms with Gasteiger partial charge in [-0.1, -0.05) is 53.3 Å². The number of aromatic nitrogens is 3. The van der Waals surface area contributed by atoms with E-state index < -0.39 is 0 Å². The zero-order valence-corrected chi connectivity index (χ0v) is 13.1. The third-order valence-electron chi connectivity index (χ3n) is 3.57. The molecule has 1 aromatic heterocycles. The van der Waals surface area contributed by atoms with Crippen molar-refractivity contribution in [1.29, 1.82) is 5.26 Å². The average Bonchev–Trinajstić information content (AvgIpc) is 2.97. The van der Waals surface area contributed by atoms with E-state index in [9.17, 15) is 5.26 Å². The maximum absolute atomic E-state index is 9.27. The van der Waals surface area contributed by atoms with Crippen LogP contribution >= 0.6 is 0 Å². The van der Waals surface area contributed by atoms with Gasteiger partial charge in [0.05, 0.1) is 5.69 Å². The fourth-order valence-electron chi connectivity index (χ4n) is 2.32. The molecule has 0 saturated heterocycles. The molecule has 112 valence electrons. The molecule has 0 aliphatic rings. The van der Waals surface area contributed by atoms with E-state index in [4.69, 9.17) is 0 Å². The molecule has 3 aromatic rings. The van der Waals surface area contributed by atoms with Crippen molar-refractivity contribution in [2.45, 2.75) is 13.8 Å². The zero-order valence-electron chi connectivity index (χ0n) is 13.1. The summed E-state index contributed by atoms with van der Waals surface area (Å²) in [5.41, 5.74) is 5.30. The molecular weight excluding hydrogens is 284 g/mol. The summed E-state index contributed by atoms with van der Waals surface area (Å²) >= 11 is 0. The van der Waals surface area contributed by atoms with Gasteiger partial charge < -0.3 is 0 Å². The van der Waals surface area contributed by atoms with Crippen LogP contribution in [0.1, 0.15) is 28.1 Å². The Morgan fingerprint density at radius 2 is 1.78 bits per heavy atom. The minimum Gasteiger partial charge on any atom is -0.212 e. The molecule has 0 bridgehead atoms. The van der Waals surface area contributed by atoms with Gasteiger partial charge in [-0.25, -0.2) is 4.68 Å². The molecule has 4 nitrogen and oxygen atoms in total. The molecule has 23 heavy (non-hydrogen) atoms. The van der Waals surface area contributed by atoms with Crippen molar-refractivity contribution >= 4 is 12.2 Å². The van der Waals surface area contributed by atoms with E-state index in [1.54, 1.807) is 4.68 Å². The van der Waals surface area contributed by atoms with Gasteiger partial charge in [0, 0.05) is 0 Å². The van der Waals surface area contributed by atoms with E-state index >= 15 is 0 Å². The fraction of sp³-hybridized carbons (Fsp3) is 0.105. The predicted molar refractivity (Wildman–Crippen MR) is 90.9 cm³/mol. The van der Waals surface area contributed by atoms with Crippen molar-refractivity contribution in [2.75, 3.05) is 0 Å². The SMILES string of the molecule is Cc1ccc(/C=C/c2c(C#N)nnn2-c2cccc(C)c2)cc1. The number of rotatable bonds is 3. The molecule has 0 atom stereocenters. The average molecular weight is 300 g/mol. The lowest BCUT2D eigenvalue weighted by Crippen LogP contribution is -1.99. The molecule has 0 radical (unpaired) electrons. The molecule has 0 unspecified atom stereocenters. The van der Waals surface area contributed by atoms with Crippen molar-refractivity contribution in [2.24, 2.45) is 0 Å². The van der Waals surface area contributed by atoms with Crippen LogP contribution in [0.25, 0.3) is 17.8 Å². The minimum atomic E-state index is 0.315. The van der Waals surface area contributed by atoms with Crippen molar-refractivity contribution in [3.8, 4) is 11.8 Å². The second-order valence-corrected chi connectivity index (χ2v) is 5.43. The maximum atomic E-state index is 9.27. The largest absolute Gasteiger partial charge is 0.212 e. The molecule has 2 aromatic carbocycles. The van der Waals surface area contributed by atoms with Crippen molar-refractivity contribution in [3.05, 3.63) is 76.6 Å². The summed E-state index contributed by atoms with van der Waals surface area (Å²) in [6, 6.07) is 18.2. The Balaban J connectivity index is 2.03. The first kappa shape index (κ1) is 14.7. The first-order valence-electron chi connectivity index (χ1n) is 7.35. The highest BCUT2D eigenvalue weighted by Gasteiger charge is 2.11. The van der Waals surface area contributed by atoms with E-state index in [1.807, 2.05) is 55.5 Å². The summed E-state index contributed by atoms with van der Waals surface area (Å²) in [7, 11) is 0. The second kappa shape index (κ2) is 6.29. The summed E-state index contributed by atoms with van der Waals surface area (Å²) in [4.78, 5) is 0. The van der Waals surface area contributed by atoms with Gasteiger partial charge in [-0.3, -0.25) is 0 Å². The molecule has 4 heteroatoms. The second-order valence-electron chi connectivity index (χ2n) is 5.43. The van der Waals surface area contributed by atoms with E-state index in [1.165, 1.54) is 5.56 Å². The van der Waals surface area contributed by atoms with Gasteiger partial charge in [0.25, 0.3) is 0 Å². The molecule has 0 amide bonds. The number of hydrogen-bond donors (Lipinski definition) is 0. The van der Waals surface area contributed by atoms with Crippen LogP contribution in [0, 0.1) is 25.2 Å². The number of nitrogens with zero attached hydrogens (tertiary/aromatic N) is 4. The van der Waals surface area contributed by atoms with Crippen LogP contribution in [0.15, 0.2) is 48.5 Å². The Bertz CT molecular complexity index is 896. The number of aryl methyl sites for hydroxylation is 2. The molecule has 0 aliphatic carbocycles. The van der Waals surface area contributed by atoms with Crippen molar-refractivity contribution < 1.29 is 0 Å². The predicted octanol–water partition coefficient (Wildman–Crippen LogP) is 3.93. The van der Waals surface area contributed by atoms with Gasteiger partial charge in [0.1, 0.15) is 11.8 Å². The smallest absolute Gasteiger partial charge is 0.190 e. The molecular formula is C19H16N4. The first-order chi connectivity index (χ1) is 11.2. The molecule has 0 N–H and O–H groups in total. The van der Waals surface area contributed by atoms with Crippen LogP contribution in [0.2, 0.25) is 0 Å². The highest BCUT2D eigenvalue weighted by molar-refractivity contribution is 5.71. The zero-order chi connectivity index (χ0) is 16.2. The van der Waals surface area contributed by atoms with Crippen LogP contribution in [-0.4, -0.2) is 15.0 Å². The number of nitriles is 1. The Labute approximate surface area is 135 Å². The Hall–Kier alpha value is -3.19. The van der Waals surface area contributed by atoms with E-state index in [0.717, 1.165) is 16.8 Å². The minimum absolute atomic E-state index is 0.315. The van der Waals surface area contributed by atoms with E-state index in [0.29, 0.717) is 11.4 Å². The third kappa shape index (κ3) is 3.19. The molecule has 1 heterocycles. The van der Waals surface area contributed by atoms with Crippen LogP contribution in [-0.2, 0) is 0 Å². The van der Waals surface area contributed by atoms with Crippen LogP contribution < -0.4 is 0 Å². The molecule has 0 spiro atoms. The van der Waals surface area contributed by atoms with Gasteiger partial charge in [-0.05, 0) is 43.2 Å². The van der Waals surface area contributed by atoms with Gasteiger partial charge in [0.15, 0.2) is 5.69 Å². The van der Waals surface area contributed by atoms with Gasteiger partial charge in [-0.2, -0.15) is 5.26 Å². The Morgan fingerprint density at radius 3 is 2.48 bits per heavy atom. The van der Waals surface area contributed by atoms with Crippen LogP contribution in [0.5, 0.6) is 0 Å². The topological polar surface area (TPSA) is 54.5 Å². The molecule has 0 saturated carbocycles.